The molecule has 0 saturated carbocycles. The third-order valence-corrected chi connectivity index (χ3v) is 3.74. The van der Waals surface area contributed by atoms with Crippen LogP contribution in [0.4, 0.5) is 5.69 Å². The van der Waals surface area contributed by atoms with Gasteiger partial charge in [0.1, 0.15) is 0 Å². The number of hydrogen-bond donors (Lipinski definition) is 1. The van der Waals surface area contributed by atoms with E-state index >= 15 is 0 Å². The van der Waals surface area contributed by atoms with Crippen molar-refractivity contribution in [2.45, 2.75) is 51.2 Å². The molecule has 1 aliphatic heterocycles. The normalized spacial score (nSPS) is 27.0. The van der Waals surface area contributed by atoms with Gasteiger partial charge in [0.25, 0.3) is 0 Å². The fourth-order valence-corrected chi connectivity index (χ4v) is 2.72. The van der Waals surface area contributed by atoms with Crippen LogP contribution in [0.15, 0.2) is 30.3 Å². The largest absolute Gasteiger partial charge is 0.380 e. The topological polar surface area (TPSA) is 35.2 Å². The Kier molecular flexibility index (Phi) is 2.92. The summed E-state index contributed by atoms with van der Waals surface area (Å²) >= 11 is 0. The van der Waals surface area contributed by atoms with Gasteiger partial charge in [0, 0.05) is 17.3 Å². The maximum Gasteiger partial charge on any atom is 0.0644 e. The zero-order valence-electron chi connectivity index (χ0n) is 11.0. The summed E-state index contributed by atoms with van der Waals surface area (Å²) in [5, 5.41) is 16.9. The van der Waals surface area contributed by atoms with Gasteiger partial charge in [-0.25, -0.2) is 0 Å². The Hall–Kier alpha value is -1.06. The van der Waals surface area contributed by atoms with Crippen LogP contribution in [0.1, 0.15) is 34.1 Å². The van der Waals surface area contributed by atoms with E-state index in [1.807, 2.05) is 58.0 Å². The molecule has 1 heterocycles. The first-order valence-electron chi connectivity index (χ1n) is 6.13. The van der Waals surface area contributed by atoms with Crippen LogP contribution < -0.4 is 5.32 Å². The van der Waals surface area contributed by atoms with E-state index in [9.17, 15) is 5.21 Å². The van der Waals surface area contributed by atoms with Crippen molar-refractivity contribution in [3.8, 4) is 0 Å². The Morgan fingerprint density at radius 1 is 1.18 bits per heavy atom. The Balaban J connectivity index is 2.18. The summed E-state index contributed by atoms with van der Waals surface area (Å²) in [6.45, 7) is 8.04. The number of nitrogens with zero attached hydrogens (tertiary/aromatic N) is 1. The molecular weight excluding hydrogens is 212 g/mol. The van der Waals surface area contributed by atoms with Crippen LogP contribution in [0.2, 0.25) is 0 Å². The maximum absolute atomic E-state index is 12.2. The lowest BCUT2D eigenvalue weighted by atomic mass is 9.94. The second kappa shape index (κ2) is 4.00. The van der Waals surface area contributed by atoms with Gasteiger partial charge in [-0.05, 0) is 46.2 Å². The highest BCUT2D eigenvalue weighted by Gasteiger charge is 2.52. The molecule has 93 valence electrons. The molecule has 1 aliphatic rings. The van der Waals surface area contributed by atoms with E-state index in [0.717, 1.165) is 12.1 Å². The molecular formula is C14H21N2O. The lowest BCUT2D eigenvalue weighted by molar-refractivity contribution is -0.245. The van der Waals surface area contributed by atoms with Gasteiger partial charge in [-0.1, -0.05) is 18.2 Å². The third kappa shape index (κ3) is 2.17. The second-order valence-corrected chi connectivity index (χ2v) is 6.03. The van der Waals surface area contributed by atoms with Crippen molar-refractivity contribution in [3.63, 3.8) is 0 Å². The molecule has 3 nitrogen and oxygen atoms in total. The van der Waals surface area contributed by atoms with E-state index in [-0.39, 0.29) is 17.1 Å². The number of para-hydroxylation sites is 1. The first-order valence-corrected chi connectivity index (χ1v) is 6.13. The zero-order valence-corrected chi connectivity index (χ0v) is 11.0. The average molecular weight is 233 g/mol. The molecule has 1 fully saturated rings. The fourth-order valence-electron chi connectivity index (χ4n) is 2.72. The average Bonchev–Trinajstić information content (AvgIpc) is 2.41. The molecule has 0 spiro atoms. The van der Waals surface area contributed by atoms with E-state index in [0.29, 0.717) is 0 Å². The van der Waals surface area contributed by atoms with Crippen molar-refractivity contribution >= 4 is 5.69 Å². The Bertz CT molecular complexity index is 386. The van der Waals surface area contributed by atoms with Crippen molar-refractivity contribution in [3.05, 3.63) is 30.3 Å². The Morgan fingerprint density at radius 3 is 2.24 bits per heavy atom. The van der Waals surface area contributed by atoms with Crippen LogP contribution in [0.25, 0.3) is 0 Å². The number of hydrogen-bond acceptors (Lipinski definition) is 2. The molecule has 0 aromatic heterocycles. The van der Waals surface area contributed by atoms with Gasteiger partial charge in [-0.3, -0.25) is 0 Å². The number of hydroxylamine groups is 2. The third-order valence-electron chi connectivity index (χ3n) is 3.74. The first kappa shape index (κ1) is 12.4. The summed E-state index contributed by atoms with van der Waals surface area (Å²) in [6, 6.07) is 10.3. The minimum absolute atomic E-state index is 0.178. The number of anilines is 1. The van der Waals surface area contributed by atoms with E-state index < -0.39 is 0 Å². The minimum atomic E-state index is -0.376. The van der Waals surface area contributed by atoms with Gasteiger partial charge in [-0.2, -0.15) is 0 Å². The summed E-state index contributed by atoms with van der Waals surface area (Å²) in [5.41, 5.74) is 0.409. The fraction of sp³-hybridized carbons (Fsp3) is 0.571. The second-order valence-electron chi connectivity index (χ2n) is 6.03. The van der Waals surface area contributed by atoms with Crippen molar-refractivity contribution in [2.24, 2.45) is 0 Å². The predicted octanol–water partition coefficient (Wildman–Crippen LogP) is 3.08. The summed E-state index contributed by atoms with van der Waals surface area (Å²) in [5.74, 6) is 0. The monoisotopic (exact) mass is 233 g/mol. The van der Waals surface area contributed by atoms with Crippen molar-refractivity contribution in [1.82, 2.24) is 5.06 Å². The van der Waals surface area contributed by atoms with E-state index in [2.05, 4.69) is 5.32 Å². The van der Waals surface area contributed by atoms with E-state index in [1.165, 1.54) is 5.06 Å². The highest BCUT2D eigenvalue weighted by molar-refractivity contribution is 5.44. The molecule has 3 heteroatoms. The van der Waals surface area contributed by atoms with Crippen molar-refractivity contribution < 1.29 is 5.21 Å². The quantitative estimate of drug-likeness (QED) is 0.852. The number of rotatable bonds is 2. The highest BCUT2D eigenvalue weighted by atomic mass is 16.5. The summed E-state index contributed by atoms with van der Waals surface area (Å²) in [6.07, 6.45) is 0.860. The van der Waals surface area contributed by atoms with Crippen LogP contribution in [-0.4, -0.2) is 22.2 Å². The lowest BCUT2D eigenvalue weighted by Gasteiger charge is -2.34. The van der Waals surface area contributed by atoms with Gasteiger partial charge in [0.15, 0.2) is 0 Å². The summed E-state index contributed by atoms with van der Waals surface area (Å²) < 4.78 is 0. The summed E-state index contributed by atoms with van der Waals surface area (Å²) in [7, 11) is 0. The summed E-state index contributed by atoms with van der Waals surface area (Å²) in [4.78, 5) is 0. The zero-order chi connectivity index (χ0) is 12.7. The van der Waals surface area contributed by atoms with E-state index in [4.69, 9.17) is 0 Å². The van der Waals surface area contributed by atoms with Gasteiger partial charge in [0.2, 0.25) is 0 Å². The molecule has 1 unspecified atom stereocenters. The smallest absolute Gasteiger partial charge is 0.0644 e. The first-order chi connectivity index (χ1) is 7.84. The van der Waals surface area contributed by atoms with Crippen LogP contribution in [0.3, 0.4) is 0 Å². The van der Waals surface area contributed by atoms with Gasteiger partial charge in [-0.15, -0.1) is 10.3 Å². The Labute approximate surface area is 103 Å². The van der Waals surface area contributed by atoms with Crippen LogP contribution in [0, 0.1) is 0 Å². The molecule has 17 heavy (non-hydrogen) atoms. The molecule has 1 aromatic rings. The number of benzene rings is 1. The predicted molar refractivity (Wildman–Crippen MR) is 69.2 cm³/mol. The van der Waals surface area contributed by atoms with Crippen LogP contribution >= 0.6 is 0 Å². The van der Waals surface area contributed by atoms with Crippen LogP contribution in [0.5, 0.6) is 0 Å². The Morgan fingerprint density at radius 2 is 1.76 bits per heavy atom. The van der Waals surface area contributed by atoms with Gasteiger partial charge >= 0.3 is 0 Å². The molecule has 0 aliphatic carbocycles. The molecule has 1 aromatic carbocycles. The SMILES string of the molecule is CC1(C)CC(Nc2ccccc2)C(C)(C)N1[O]. The van der Waals surface area contributed by atoms with Crippen molar-refractivity contribution in [2.75, 3.05) is 5.32 Å². The lowest BCUT2D eigenvalue weighted by Crippen LogP contribution is -2.49. The standard InChI is InChI=1S/C14H21N2O/c1-13(2)10-12(14(3,4)16(13)17)15-11-8-6-5-7-9-11/h5-9,12,15H,10H2,1-4H3. The highest BCUT2D eigenvalue weighted by Crippen LogP contribution is 2.40. The number of nitrogens with one attached hydrogen (secondary N) is 1. The van der Waals surface area contributed by atoms with Crippen LogP contribution in [-0.2, 0) is 5.21 Å². The maximum atomic E-state index is 12.2. The molecule has 1 saturated heterocycles. The van der Waals surface area contributed by atoms with Crippen molar-refractivity contribution in [1.29, 1.82) is 0 Å². The molecule has 2 rings (SSSR count). The van der Waals surface area contributed by atoms with E-state index in [1.54, 1.807) is 0 Å². The molecule has 0 bridgehead atoms. The van der Waals surface area contributed by atoms with Gasteiger partial charge < -0.3 is 5.32 Å². The van der Waals surface area contributed by atoms with Gasteiger partial charge in [0.05, 0.1) is 5.54 Å². The molecule has 0 amide bonds. The molecule has 1 atom stereocenters. The molecule has 1 N–H and O–H groups in total. The minimum Gasteiger partial charge on any atom is -0.380 e. The molecule has 1 radical (unpaired) electrons.